The van der Waals surface area contributed by atoms with Gasteiger partial charge in [-0.1, -0.05) is 25.0 Å². The zero-order valence-electron chi connectivity index (χ0n) is 16.7. The zero-order valence-corrected chi connectivity index (χ0v) is 17.5. The minimum atomic E-state index is -0.431. The molecular formula is C22H28N2O4S. The highest BCUT2D eigenvalue weighted by Gasteiger charge is 2.35. The number of anilines is 1. The second kappa shape index (κ2) is 9.20. The van der Waals surface area contributed by atoms with E-state index in [-0.39, 0.29) is 31.4 Å². The number of rotatable bonds is 5. The first kappa shape index (κ1) is 20.3. The van der Waals surface area contributed by atoms with E-state index in [1.807, 2.05) is 29.2 Å². The van der Waals surface area contributed by atoms with E-state index >= 15 is 0 Å². The Morgan fingerprint density at radius 2 is 1.90 bits per heavy atom. The molecule has 0 spiro atoms. The first-order valence-corrected chi connectivity index (χ1v) is 11.6. The first-order valence-electron chi connectivity index (χ1n) is 10.6. The number of nitrogens with zero attached hydrogens (tertiary/aromatic N) is 2. The molecule has 1 aromatic rings. The van der Waals surface area contributed by atoms with E-state index in [0.29, 0.717) is 17.7 Å². The van der Waals surface area contributed by atoms with Gasteiger partial charge in [-0.3, -0.25) is 14.4 Å². The van der Waals surface area contributed by atoms with Gasteiger partial charge in [0.25, 0.3) is 5.91 Å². The SMILES string of the molecule is O=C(CCN1C(=O)CSc2ccccc21)OCC(=O)N1CCC[C@@H]2CCCC[C@@H]21. The number of piperidine rings is 1. The van der Waals surface area contributed by atoms with E-state index in [9.17, 15) is 14.4 Å². The minimum absolute atomic E-state index is 0.00534. The van der Waals surface area contributed by atoms with Crippen molar-refractivity contribution in [3.8, 4) is 0 Å². The van der Waals surface area contributed by atoms with Crippen molar-refractivity contribution in [3.63, 3.8) is 0 Å². The Labute approximate surface area is 175 Å². The molecule has 1 saturated carbocycles. The number of esters is 1. The summed E-state index contributed by atoms with van der Waals surface area (Å²) in [5.74, 6) is 0.474. The van der Waals surface area contributed by atoms with Crippen LogP contribution in [0.15, 0.2) is 29.2 Å². The number of carbonyl (C=O) groups is 3. The molecule has 0 aromatic heterocycles. The fourth-order valence-electron chi connectivity index (χ4n) is 4.83. The highest BCUT2D eigenvalue weighted by atomic mass is 32.2. The molecule has 2 heterocycles. The molecular weight excluding hydrogens is 388 g/mol. The maximum atomic E-state index is 12.7. The molecule has 1 aliphatic carbocycles. The number of benzene rings is 1. The van der Waals surface area contributed by atoms with E-state index in [1.54, 1.807) is 4.90 Å². The van der Waals surface area contributed by atoms with Gasteiger partial charge >= 0.3 is 5.97 Å². The number of carbonyl (C=O) groups excluding carboxylic acids is 3. The van der Waals surface area contributed by atoms with Crippen LogP contribution in [0.4, 0.5) is 5.69 Å². The zero-order chi connectivity index (χ0) is 20.2. The predicted octanol–water partition coefficient (Wildman–Crippen LogP) is 3.24. The van der Waals surface area contributed by atoms with Gasteiger partial charge in [-0.2, -0.15) is 0 Å². The van der Waals surface area contributed by atoms with Gasteiger partial charge in [0, 0.05) is 24.0 Å². The van der Waals surface area contributed by atoms with E-state index in [4.69, 9.17) is 4.74 Å². The van der Waals surface area contributed by atoms with Gasteiger partial charge in [-0.05, 0) is 43.7 Å². The fraction of sp³-hybridized carbons (Fsp3) is 0.591. The summed E-state index contributed by atoms with van der Waals surface area (Å²) in [6, 6.07) is 8.03. The van der Waals surface area contributed by atoms with Crippen molar-refractivity contribution in [2.24, 2.45) is 5.92 Å². The normalized spacial score (nSPS) is 23.9. The third-order valence-corrected chi connectivity index (χ3v) is 7.32. The lowest BCUT2D eigenvalue weighted by Gasteiger charge is -2.44. The van der Waals surface area contributed by atoms with E-state index in [2.05, 4.69) is 0 Å². The monoisotopic (exact) mass is 416 g/mol. The second-order valence-corrected chi connectivity index (χ2v) is 9.07. The average molecular weight is 417 g/mol. The summed E-state index contributed by atoms with van der Waals surface area (Å²) < 4.78 is 5.28. The van der Waals surface area contributed by atoms with Crippen molar-refractivity contribution in [2.45, 2.75) is 55.9 Å². The van der Waals surface area contributed by atoms with Crippen LogP contribution < -0.4 is 4.90 Å². The Balaban J connectivity index is 1.27. The molecule has 4 rings (SSSR count). The van der Waals surface area contributed by atoms with Gasteiger partial charge in [0.1, 0.15) is 0 Å². The molecule has 1 saturated heterocycles. The molecule has 2 atom stereocenters. The molecule has 0 unspecified atom stereocenters. The van der Waals surface area contributed by atoms with Crippen LogP contribution in [0.1, 0.15) is 44.9 Å². The summed E-state index contributed by atoms with van der Waals surface area (Å²) in [6.07, 6.45) is 7.04. The highest BCUT2D eigenvalue weighted by Crippen LogP contribution is 2.36. The predicted molar refractivity (Wildman–Crippen MR) is 112 cm³/mol. The molecule has 29 heavy (non-hydrogen) atoms. The molecule has 7 heteroatoms. The molecule has 0 N–H and O–H groups in total. The highest BCUT2D eigenvalue weighted by molar-refractivity contribution is 8.00. The van der Waals surface area contributed by atoms with Crippen LogP contribution in [-0.2, 0) is 19.1 Å². The van der Waals surface area contributed by atoms with Crippen LogP contribution in [-0.4, -0.2) is 54.2 Å². The van der Waals surface area contributed by atoms with Gasteiger partial charge in [0.15, 0.2) is 6.61 Å². The van der Waals surface area contributed by atoms with Crippen molar-refractivity contribution < 1.29 is 19.1 Å². The summed E-state index contributed by atoms with van der Waals surface area (Å²) in [7, 11) is 0. The van der Waals surface area contributed by atoms with Gasteiger partial charge in [-0.15, -0.1) is 11.8 Å². The van der Waals surface area contributed by atoms with Gasteiger partial charge in [-0.25, -0.2) is 0 Å². The number of fused-ring (bicyclic) bond motifs is 2. The van der Waals surface area contributed by atoms with Crippen LogP contribution >= 0.6 is 11.8 Å². The quantitative estimate of drug-likeness (QED) is 0.690. The Kier molecular flexibility index (Phi) is 6.43. The maximum absolute atomic E-state index is 12.7. The number of hydrogen-bond acceptors (Lipinski definition) is 5. The fourth-order valence-corrected chi connectivity index (χ4v) is 5.77. The largest absolute Gasteiger partial charge is 0.456 e. The minimum Gasteiger partial charge on any atom is -0.456 e. The Morgan fingerprint density at radius 1 is 1.10 bits per heavy atom. The summed E-state index contributed by atoms with van der Waals surface area (Å²) in [5.41, 5.74) is 0.842. The van der Waals surface area contributed by atoms with E-state index in [1.165, 1.54) is 37.4 Å². The van der Waals surface area contributed by atoms with Gasteiger partial charge in [0.2, 0.25) is 5.91 Å². The molecule has 3 aliphatic rings. The number of hydrogen-bond donors (Lipinski definition) is 0. The molecule has 156 valence electrons. The maximum Gasteiger partial charge on any atom is 0.308 e. The molecule has 0 radical (unpaired) electrons. The van der Waals surface area contributed by atoms with Crippen LogP contribution in [0.25, 0.3) is 0 Å². The molecule has 2 aliphatic heterocycles. The molecule has 1 aromatic carbocycles. The summed E-state index contributed by atoms with van der Waals surface area (Å²) in [5, 5.41) is 0. The van der Waals surface area contributed by atoms with Crippen molar-refractivity contribution in [1.82, 2.24) is 4.90 Å². The van der Waals surface area contributed by atoms with Gasteiger partial charge in [0.05, 0.1) is 17.9 Å². The van der Waals surface area contributed by atoms with E-state index in [0.717, 1.165) is 30.0 Å². The number of likely N-dealkylation sites (tertiary alicyclic amines) is 1. The lowest BCUT2D eigenvalue weighted by molar-refractivity contribution is -0.154. The van der Waals surface area contributed by atoms with Crippen molar-refractivity contribution >= 4 is 35.2 Å². The van der Waals surface area contributed by atoms with Crippen molar-refractivity contribution in [3.05, 3.63) is 24.3 Å². The third kappa shape index (κ3) is 4.60. The Bertz CT molecular complexity index is 782. The molecule has 2 fully saturated rings. The smallest absolute Gasteiger partial charge is 0.308 e. The number of ether oxygens (including phenoxy) is 1. The van der Waals surface area contributed by atoms with Gasteiger partial charge < -0.3 is 14.5 Å². The lowest BCUT2D eigenvalue weighted by atomic mass is 9.78. The summed E-state index contributed by atoms with van der Waals surface area (Å²) in [6.45, 7) is 0.856. The van der Waals surface area contributed by atoms with Crippen molar-refractivity contribution in [1.29, 1.82) is 0 Å². The average Bonchev–Trinajstić information content (AvgIpc) is 2.76. The lowest BCUT2D eigenvalue weighted by Crippen LogP contribution is -2.50. The van der Waals surface area contributed by atoms with E-state index < -0.39 is 5.97 Å². The standard InChI is InChI=1S/C22H28N2O4S/c25-20(23-12-5-7-16-6-1-2-8-17(16)23)14-28-22(27)11-13-24-18-9-3-4-10-19(18)29-15-21(24)26/h3-4,9-10,16-17H,1-2,5-8,11-15H2/t16-,17-/m0/s1. The number of amides is 2. The Hall–Kier alpha value is -2.02. The third-order valence-electron chi connectivity index (χ3n) is 6.27. The summed E-state index contributed by atoms with van der Waals surface area (Å²) in [4.78, 5) is 41.8. The van der Waals surface area contributed by atoms with Crippen LogP contribution in [0, 0.1) is 5.92 Å². The molecule has 6 nitrogen and oxygen atoms in total. The second-order valence-electron chi connectivity index (χ2n) is 8.05. The van der Waals surface area contributed by atoms with Crippen LogP contribution in [0.3, 0.4) is 0 Å². The van der Waals surface area contributed by atoms with Crippen LogP contribution in [0.2, 0.25) is 0 Å². The van der Waals surface area contributed by atoms with Crippen molar-refractivity contribution in [2.75, 3.05) is 30.3 Å². The topological polar surface area (TPSA) is 66.9 Å². The summed E-state index contributed by atoms with van der Waals surface area (Å²) >= 11 is 1.52. The first-order chi connectivity index (χ1) is 14.1. The Morgan fingerprint density at radius 3 is 2.79 bits per heavy atom. The number of para-hydroxylation sites is 1. The molecule has 2 amide bonds. The number of thioether (sulfide) groups is 1. The molecule has 0 bridgehead atoms. The van der Waals surface area contributed by atoms with Crippen LogP contribution in [0.5, 0.6) is 0 Å².